The minimum absolute atomic E-state index is 0.0198. The molecule has 4 unspecified atom stereocenters. The van der Waals surface area contributed by atoms with Crippen LogP contribution in [0.3, 0.4) is 0 Å². The van der Waals surface area contributed by atoms with E-state index in [0.717, 1.165) is 83.0 Å². The van der Waals surface area contributed by atoms with Gasteiger partial charge in [-0.15, -0.1) is 0 Å². The van der Waals surface area contributed by atoms with Crippen LogP contribution in [0.1, 0.15) is 75.1 Å². The second-order valence-electron chi connectivity index (χ2n) is 15.7. The zero-order valence-electron chi connectivity index (χ0n) is 31.8. The number of H-pyrrole nitrogens is 2. The van der Waals surface area contributed by atoms with Crippen molar-refractivity contribution in [2.24, 2.45) is 23.7 Å². The predicted molar refractivity (Wildman–Crippen MR) is 208 cm³/mol. The second kappa shape index (κ2) is 15.7. The third kappa shape index (κ3) is 7.42. The Kier molecular flexibility index (Phi) is 10.4. The van der Waals surface area contributed by atoms with Crippen LogP contribution in [0.5, 0.6) is 0 Å². The van der Waals surface area contributed by atoms with Crippen molar-refractivity contribution in [1.82, 2.24) is 40.5 Å². The number of carbonyl (C=O) groups excluding carboxylic acids is 3. The van der Waals surface area contributed by atoms with Gasteiger partial charge in [-0.3, -0.25) is 9.59 Å². The highest BCUT2D eigenvalue weighted by Gasteiger charge is 2.52. The average Bonchev–Trinajstić information content (AvgIpc) is 4.08. The quantitative estimate of drug-likeness (QED) is 0.104. The van der Waals surface area contributed by atoms with Gasteiger partial charge in [-0.25, -0.2) is 19.7 Å². The molecule has 56 heavy (non-hydrogen) atoms. The molecule has 4 heterocycles. The highest BCUT2D eigenvalue weighted by molar-refractivity contribution is 5.86. The summed E-state index contributed by atoms with van der Waals surface area (Å²) in [7, 11) is 1.29. The molecule has 3 amide bonds. The lowest BCUT2D eigenvalue weighted by molar-refractivity contribution is -0.135. The zero-order valence-corrected chi connectivity index (χ0v) is 31.8. The minimum Gasteiger partial charge on any atom is -0.453 e. The van der Waals surface area contributed by atoms with Crippen molar-refractivity contribution < 1.29 is 23.5 Å². The van der Waals surface area contributed by atoms with Crippen molar-refractivity contribution in [2.75, 3.05) is 13.7 Å². The van der Waals surface area contributed by atoms with Crippen LogP contribution in [0, 0.1) is 29.6 Å². The number of hydrogen-bond acceptors (Lipinski definition) is 7. The molecule has 2 aliphatic carbocycles. The Labute approximate surface area is 325 Å². The molecule has 2 aromatic carbocycles. The maximum atomic E-state index is 13.5. The number of hydrogen-bond donors (Lipinski definition) is 4. The lowest BCUT2D eigenvalue weighted by atomic mass is 9.78. The molecule has 12 nitrogen and oxygen atoms in total. The van der Waals surface area contributed by atoms with Gasteiger partial charge in [0.1, 0.15) is 17.7 Å². The second-order valence-corrected chi connectivity index (χ2v) is 15.7. The molecule has 1 aliphatic heterocycles. The normalized spacial score (nSPS) is 22.0. The van der Waals surface area contributed by atoms with Crippen LogP contribution in [0.25, 0.3) is 33.6 Å². The van der Waals surface area contributed by atoms with Crippen LogP contribution in [0.4, 0.5) is 9.18 Å². The van der Waals surface area contributed by atoms with Gasteiger partial charge in [0.15, 0.2) is 0 Å². The van der Waals surface area contributed by atoms with Crippen LogP contribution in [0.2, 0.25) is 0 Å². The number of halogens is 1. The SMILES string of the molecule is COC(=O)N[C@H](C(=O)N1CCC[C@H]1c1ncc(-c2ccc(-c3ccc(-c4cnc(C5C6CCC(C6)C5C(=O)NCc5ccc(F)nc5)[nH]4)cc3)cc2)[nH]1)C(C)C. The Morgan fingerprint density at radius 1 is 0.821 bits per heavy atom. The maximum absolute atomic E-state index is 13.5. The van der Waals surface area contributed by atoms with Gasteiger partial charge in [-0.05, 0) is 83.7 Å². The number of benzene rings is 2. The van der Waals surface area contributed by atoms with Gasteiger partial charge in [-0.2, -0.15) is 4.39 Å². The van der Waals surface area contributed by atoms with Crippen molar-refractivity contribution in [1.29, 1.82) is 0 Å². The molecular formula is C43H47FN8O4. The number of nitrogens with one attached hydrogen (secondary N) is 4. The smallest absolute Gasteiger partial charge is 0.407 e. The molecule has 3 aromatic heterocycles. The van der Waals surface area contributed by atoms with Gasteiger partial charge in [0.25, 0.3) is 0 Å². The Morgan fingerprint density at radius 2 is 1.45 bits per heavy atom. The topological polar surface area (TPSA) is 158 Å². The minimum atomic E-state index is -0.684. The number of fused-ring (bicyclic) bond motifs is 2. The zero-order chi connectivity index (χ0) is 38.9. The summed E-state index contributed by atoms with van der Waals surface area (Å²) in [6, 6.07) is 18.7. The van der Waals surface area contributed by atoms with Crippen LogP contribution in [-0.2, 0) is 20.9 Å². The van der Waals surface area contributed by atoms with Gasteiger partial charge >= 0.3 is 6.09 Å². The third-order valence-corrected chi connectivity index (χ3v) is 11.9. The van der Waals surface area contributed by atoms with Crippen molar-refractivity contribution >= 4 is 17.9 Å². The highest BCUT2D eigenvalue weighted by atomic mass is 19.1. The number of nitrogens with zero attached hydrogens (tertiary/aromatic N) is 4. The molecule has 5 aromatic rings. The summed E-state index contributed by atoms with van der Waals surface area (Å²) in [6.45, 7) is 4.72. The van der Waals surface area contributed by atoms with E-state index in [0.29, 0.717) is 24.9 Å². The Morgan fingerprint density at radius 3 is 2.07 bits per heavy atom. The highest BCUT2D eigenvalue weighted by Crippen LogP contribution is 2.56. The molecule has 13 heteroatoms. The van der Waals surface area contributed by atoms with E-state index in [1.54, 1.807) is 6.07 Å². The number of carbonyl (C=O) groups is 3. The molecule has 1 saturated heterocycles. The van der Waals surface area contributed by atoms with Gasteiger partial charge < -0.3 is 30.2 Å². The van der Waals surface area contributed by atoms with E-state index in [4.69, 9.17) is 9.72 Å². The molecule has 0 spiro atoms. The summed E-state index contributed by atoms with van der Waals surface area (Å²) >= 11 is 0. The van der Waals surface area contributed by atoms with E-state index in [-0.39, 0.29) is 35.6 Å². The first-order chi connectivity index (χ1) is 27.2. The number of alkyl carbamates (subject to hydrolysis) is 1. The molecule has 2 bridgehead atoms. The number of rotatable bonds is 11. The van der Waals surface area contributed by atoms with Gasteiger partial charge in [-0.1, -0.05) is 68.4 Å². The Bertz CT molecular complexity index is 2180. The van der Waals surface area contributed by atoms with Crippen LogP contribution in [-0.4, -0.2) is 67.4 Å². The van der Waals surface area contributed by atoms with Crippen LogP contribution in [0.15, 0.2) is 79.3 Å². The first-order valence-electron chi connectivity index (χ1n) is 19.5. The Balaban J connectivity index is 0.914. The summed E-state index contributed by atoms with van der Waals surface area (Å²) in [5.41, 5.74) is 6.69. The number of aromatic nitrogens is 5. The summed E-state index contributed by atoms with van der Waals surface area (Å²) in [5.74, 6) is 1.47. The van der Waals surface area contributed by atoms with E-state index in [1.165, 1.54) is 19.4 Å². The molecule has 0 radical (unpaired) electrons. The summed E-state index contributed by atoms with van der Waals surface area (Å²) in [6.07, 6.45) is 9.33. The number of aromatic amines is 2. The monoisotopic (exact) mass is 758 g/mol. The van der Waals surface area contributed by atoms with E-state index in [2.05, 4.69) is 79.1 Å². The van der Waals surface area contributed by atoms with Crippen molar-refractivity contribution in [3.05, 3.63) is 102 Å². The number of amides is 3. The van der Waals surface area contributed by atoms with E-state index >= 15 is 0 Å². The fourth-order valence-corrected chi connectivity index (χ4v) is 9.06. The van der Waals surface area contributed by atoms with Gasteiger partial charge in [0, 0.05) is 25.2 Å². The standard InChI is InChI=1S/C43H47FN8O4/c1-24(2)38(51-43(55)56-3)42(54)52-18-4-5-34(52)39-46-22-32(49-39)28-11-7-26(8-12-28)27-9-13-29(14-10-27)33-23-47-40(50-33)36-30-15-16-31(19-30)37(36)41(53)48-21-25-6-17-35(44)45-20-25/h6-14,17,20,22-24,30-31,34,36-38H,4-5,15-16,18-19,21H2,1-3H3,(H,46,49)(H,47,50)(H,48,53)(H,51,55)/t30?,31?,34-,36?,37?,38-/m0/s1. The van der Waals surface area contributed by atoms with Crippen molar-refractivity contribution in [3.8, 4) is 33.6 Å². The lowest BCUT2D eigenvalue weighted by Gasteiger charge is -2.30. The summed E-state index contributed by atoms with van der Waals surface area (Å²) < 4.78 is 18.0. The first-order valence-corrected chi connectivity index (χ1v) is 19.5. The third-order valence-electron chi connectivity index (χ3n) is 11.9. The number of likely N-dealkylation sites (tertiary alicyclic amines) is 1. The maximum Gasteiger partial charge on any atom is 0.407 e. The molecular weight excluding hydrogens is 712 g/mol. The van der Waals surface area contributed by atoms with E-state index < -0.39 is 18.1 Å². The number of ether oxygens (including phenoxy) is 1. The molecule has 2 saturated carbocycles. The largest absolute Gasteiger partial charge is 0.453 e. The number of methoxy groups -OCH3 is 1. The molecule has 6 atom stereocenters. The van der Waals surface area contributed by atoms with Crippen LogP contribution < -0.4 is 10.6 Å². The molecule has 290 valence electrons. The number of imidazole rings is 2. The fourth-order valence-electron chi connectivity index (χ4n) is 9.06. The lowest BCUT2D eigenvalue weighted by Crippen LogP contribution is -2.51. The fraction of sp³-hybridized carbons (Fsp3) is 0.395. The predicted octanol–water partition coefficient (Wildman–Crippen LogP) is 7.16. The van der Waals surface area contributed by atoms with E-state index in [9.17, 15) is 18.8 Å². The van der Waals surface area contributed by atoms with E-state index in [1.807, 2.05) is 31.1 Å². The van der Waals surface area contributed by atoms with Gasteiger partial charge in [0.2, 0.25) is 17.8 Å². The Hall–Kier alpha value is -5.85. The first kappa shape index (κ1) is 37.1. The molecule has 4 N–H and O–H groups in total. The average molecular weight is 759 g/mol. The number of pyridine rings is 1. The van der Waals surface area contributed by atoms with Crippen molar-refractivity contribution in [3.63, 3.8) is 0 Å². The molecule has 8 rings (SSSR count). The molecule has 3 aliphatic rings. The summed E-state index contributed by atoms with van der Waals surface area (Å²) in [4.78, 5) is 61.0. The summed E-state index contributed by atoms with van der Waals surface area (Å²) in [5, 5.41) is 5.77. The van der Waals surface area contributed by atoms with Crippen LogP contribution >= 0.6 is 0 Å². The molecule has 3 fully saturated rings. The van der Waals surface area contributed by atoms with Gasteiger partial charge in [0.05, 0.1) is 42.9 Å². The van der Waals surface area contributed by atoms with Crippen molar-refractivity contribution in [2.45, 2.75) is 70.5 Å².